The van der Waals surface area contributed by atoms with E-state index in [4.69, 9.17) is 0 Å². The predicted molar refractivity (Wildman–Crippen MR) is 167 cm³/mol. The molecule has 0 saturated heterocycles. The maximum Gasteiger partial charge on any atom is 2.00 e. The minimum atomic E-state index is 0. The molecule has 2 aromatic carbocycles. The van der Waals surface area contributed by atoms with Crippen LogP contribution in [0.5, 0.6) is 0 Å². The van der Waals surface area contributed by atoms with Crippen molar-refractivity contribution in [2.45, 2.75) is 93.2 Å². The molecule has 2 aliphatic rings. The molecule has 0 amide bonds. The number of aryl methyl sites for hydroxylation is 2. The molecular weight excluding hydrogens is 505 g/mol. The topological polar surface area (TPSA) is 0 Å². The van der Waals surface area contributed by atoms with Gasteiger partial charge < -0.3 is 0 Å². The second-order valence-electron chi connectivity index (χ2n) is 11.0. The monoisotopic (exact) mass is 546 g/mol. The molecule has 0 fully saturated rings. The number of benzene rings is 2. The SMILES string of the molecule is CC1=[C-]C(C)([Si]c2cccc(C)c2C)C(C)=C1C.CC1=[C-]C(C)([Si]c2cccc(C)c2C)C(C)=C1C.[Ca+2]. The van der Waals surface area contributed by atoms with Crippen LogP contribution in [-0.4, -0.2) is 56.8 Å². The Hall–Kier alpha value is -0.906. The Kier molecular flexibility index (Phi) is 10.9. The third-order valence-corrected chi connectivity index (χ3v) is 12.2. The first kappa shape index (κ1) is 32.3. The minimum absolute atomic E-state index is 0. The third kappa shape index (κ3) is 6.82. The van der Waals surface area contributed by atoms with Gasteiger partial charge in [-0.15, -0.1) is 13.8 Å². The van der Waals surface area contributed by atoms with E-state index in [9.17, 15) is 0 Å². The summed E-state index contributed by atoms with van der Waals surface area (Å²) in [5.74, 6) is 0. The number of rotatable bonds is 4. The molecule has 0 spiro atoms. The molecule has 0 nitrogen and oxygen atoms in total. The summed E-state index contributed by atoms with van der Waals surface area (Å²) in [5, 5.41) is 3.16. The maximum absolute atomic E-state index is 3.68. The van der Waals surface area contributed by atoms with E-state index in [1.54, 1.807) is 0 Å². The Morgan fingerprint density at radius 3 is 1.14 bits per heavy atom. The Morgan fingerprint density at radius 2 is 0.865 bits per heavy atom. The van der Waals surface area contributed by atoms with Gasteiger partial charge in [-0.2, -0.15) is 22.3 Å². The molecule has 2 aromatic rings. The Balaban J connectivity index is 0.000000253. The van der Waals surface area contributed by atoms with Crippen molar-refractivity contribution in [3.05, 3.63) is 104 Å². The molecule has 188 valence electrons. The normalized spacial score (nSPS) is 22.9. The molecule has 2 aliphatic carbocycles. The summed E-state index contributed by atoms with van der Waals surface area (Å²) in [6.45, 7) is 26.8. The minimum Gasteiger partial charge on any atom is -0.266 e. The Labute approximate surface area is 262 Å². The maximum atomic E-state index is 3.68. The molecule has 0 N–H and O–H groups in total. The first-order valence-electron chi connectivity index (χ1n) is 13.0. The Bertz CT molecular complexity index is 1210. The van der Waals surface area contributed by atoms with Gasteiger partial charge in [-0.3, -0.25) is 12.2 Å². The van der Waals surface area contributed by atoms with E-state index in [0.717, 1.165) is 19.0 Å². The number of hydrogen-bond donors (Lipinski definition) is 0. The molecule has 0 aromatic heterocycles. The Morgan fingerprint density at radius 1 is 0.541 bits per heavy atom. The van der Waals surface area contributed by atoms with Gasteiger partial charge >= 0.3 is 37.7 Å². The van der Waals surface area contributed by atoms with Crippen LogP contribution >= 0.6 is 0 Å². The van der Waals surface area contributed by atoms with E-state index < -0.39 is 0 Å². The van der Waals surface area contributed by atoms with Gasteiger partial charge in [-0.05, 0) is 49.9 Å². The largest absolute Gasteiger partial charge is 2.00 e. The van der Waals surface area contributed by atoms with Gasteiger partial charge in [0.15, 0.2) is 0 Å². The zero-order valence-corrected chi connectivity index (χ0v) is 29.4. The van der Waals surface area contributed by atoms with Crippen molar-refractivity contribution >= 4 is 67.2 Å². The van der Waals surface area contributed by atoms with E-state index in [-0.39, 0.29) is 47.8 Å². The van der Waals surface area contributed by atoms with Crippen LogP contribution in [-0.2, 0) is 0 Å². The first-order chi connectivity index (χ1) is 16.7. The van der Waals surface area contributed by atoms with Gasteiger partial charge in [0.05, 0.1) is 19.0 Å². The summed E-state index contributed by atoms with van der Waals surface area (Å²) in [6.07, 6.45) is 7.36. The van der Waals surface area contributed by atoms with Crippen molar-refractivity contribution < 1.29 is 0 Å². The van der Waals surface area contributed by atoms with Crippen molar-refractivity contribution in [2.24, 2.45) is 0 Å². The predicted octanol–water partition coefficient (Wildman–Crippen LogP) is 7.44. The van der Waals surface area contributed by atoms with Gasteiger partial charge in [0.2, 0.25) is 0 Å². The molecular formula is C34H42CaSi2. The zero-order chi connectivity index (χ0) is 27.0. The third-order valence-electron chi connectivity index (χ3n) is 8.60. The van der Waals surface area contributed by atoms with Crippen LogP contribution < -0.4 is 10.4 Å². The van der Waals surface area contributed by atoms with Gasteiger partial charge in [0.25, 0.3) is 0 Å². The number of hydrogen-bond acceptors (Lipinski definition) is 0. The van der Waals surface area contributed by atoms with Crippen molar-refractivity contribution in [1.82, 2.24) is 0 Å². The van der Waals surface area contributed by atoms with E-state index >= 15 is 0 Å². The van der Waals surface area contributed by atoms with Crippen LogP contribution in [0.1, 0.15) is 77.6 Å². The van der Waals surface area contributed by atoms with Crippen molar-refractivity contribution in [3.8, 4) is 0 Å². The van der Waals surface area contributed by atoms with E-state index in [1.165, 1.54) is 66.1 Å². The van der Waals surface area contributed by atoms with Crippen LogP contribution in [0.3, 0.4) is 0 Å². The second kappa shape index (κ2) is 12.5. The molecule has 0 aliphatic heterocycles. The summed E-state index contributed by atoms with van der Waals surface area (Å²) in [7, 11) is 1.54. The summed E-state index contributed by atoms with van der Waals surface area (Å²) >= 11 is 0. The fourth-order valence-electron chi connectivity index (χ4n) is 5.00. The molecule has 0 bridgehead atoms. The van der Waals surface area contributed by atoms with Crippen LogP contribution in [0.25, 0.3) is 0 Å². The molecule has 0 saturated carbocycles. The first-order valence-corrected chi connectivity index (χ1v) is 15.0. The number of allylic oxidation sites excluding steroid dienone is 8. The molecule has 2 unspecified atom stereocenters. The van der Waals surface area contributed by atoms with Crippen molar-refractivity contribution in [2.75, 3.05) is 0 Å². The van der Waals surface area contributed by atoms with E-state index in [1.807, 2.05) is 0 Å². The standard InChI is InChI=1S/2C17H21Si.Ca/c2*1-11-8-7-9-16(14(11)4)18-17(6)10-12(2)13(3)15(17)5;/h2*7-9H,1-6H3;/q2*-1;+2. The summed E-state index contributed by atoms with van der Waals surface area (Å²) in [4.78, 5) is 0. The van der Waals surface area contributed by atoms with Gasteiger partial charge in [-0.25, -0.2) is 11.1 Å². The smallest absolute Gasteiger partial charge is 0.266 e. The quantitative estimate of drug-likeness (QED) is 0.276. The van der Waals surface area contributed by atoms with Crippen molar-refractivity contribution in [3.63, 3.8) is 0 Å². The van der Waals surface area contributed by atoms with Crippen LogP contribution in [0.15, 0.2) is 69.8 Å². The molecule has 4 radical (unpaired) electrons. The summed E-state index contributed by atoms with van der Waals surface area (Å²) in [5.41, 5.74) is 14.1. The van der Waals surface area contributed by atoms with E-state index in [0.29, 0.717) is 0 Å². The van der Waals surface area contributed by atoms with Gasteiger partial charge in [0, 0.05) is 0 Å². The molecule has 2 atom stereocenters. The van der Waals surface area contributed by atoms with E-state index in [2.05, 4.69) is 132 Å². The van der Waals surface area contributed by atoms with Gasteiger partial charge in [-0.1, -0.05) is 98.4 Å². The van der Waals surface area contributed by atoms with Crippen LogP contribution in [0, 0.1) is 39.8 Å². The summed E-state index contributed by atoms with van der Waals surface area (Å²) < 4.78 is 0. The zero-order valence-electron chi connectivity index (χ0n) is 25.2. The van der Waals surface area contributed by atoms with Crippen LogP contribution in [0.4, 0.5) is 0 Å². The second-order valence-corrected chi connectivity index (χ2v) is 14.6. The average molecular weight is 547 g/mol. The average Bonchev–Trinajstić information content (AvgIpc) is 3.13. The molecule has 4 rings (SSSR count). The van der Waals surface area contributed by atoms with Crippen molar-refractivity contribution in [1.29, 1.82) is 0 Å². The van der Waals surface area contributed by atoms with Crippen LogP contribution in [0.2, 0.25) is 10.1 Å². The fraction of sp³-hybridized carbons (Fsp3) is 0.412. The molecule has 37 heavy (non-hydrogen) atoms. The van der Waals surface area contributed by atoms with Gasteiger partial charge in [0.1, 0.15) is 0 Å². The summed E-state index contributed by atoms with van der Waals surface area (Å²) in [6, 6.07) is 13.3. The molecule has 0 heterocycles. The molecule has 3 heteroatoms. The fourth-order valence-corrected chi connectivity index (χ4v) is 8.46.